The molecule has 1 fully saturated rings. The van der Waals surface area contributed by atoms with Gasteiger partial charge in [-0.15, -0.1) is 0 Å². The molecule has 0 aliphatic carbocycles. The standard InChI is InChI=1S/C15H26N4O3S/c1-5-10-23(20,21)19-8-6-18(7-9-19)14-11-15(22-12(2)3)17-13(4)16-14/h11-12H,5-10H2,1-4H3. The van der Waals surface area contributed by atoms with Crippen LogP contribution in [0.2, 0.25) is 0 Å². The fraction of sp³-hybridized carbons (Fsp3) is 0.733. The minimum atomic E-state index is -3.12. The highest BCUT2D eigenvalue weighted by Crippen LogP contribution is 2.20. The number of rotatable bonds is 6. The molecule has 1 saturated heterocycles. The molecule has 8 heteroatoms. The Hall–Kier alpha value is -1.41. The molecule has 0 amide bonds. The monoisotopic (exact) mass is 342 g/mol. The van der Waals surface area contributed by atoms with Crippen LogP contribution in [0.4, 0.5) is 5.82 Å². The fourth-order valence-corrected chi connectivity index (χ4v) is 4.07. The molecule has 2 rings (SSSR count). The number of anilines is 1. The van der Waals surface area contributed by atoms with E-state index in [2.05, 4.69) is 14.9 Å². The number of aryl methyl sites for hydroxylation is 1. The van der Waals surface area contributed by atoms with Crippen molar-refractivity contribution in [3.63, 3.8) is 0 Å². The Morgan fingerprint density at radius 3 is 2.43 bits per heavy atom. The highest BCUT2D eigenvalue weighted by Gasteiger charge is 2.27. The van der Waals surface area contributed by atoms with Gasteiger partial charge >= 0.3 is 0 Å². The average molecular weight is 342 g/mol. The van der Waals surface area contributed by atoms with Gasteiger partial charge < -0.3 is 9.64 Å². The van der Waals surface area contributed by atoms with Crippen molar-refractivity contribution in [3.8, 4) is 5.88 Å². The molecule has 130 valence electrons. The van der Waals surface area contributed by atoms with E-state index in [1.165, 1.54) is 0 Å². The van der Waals surface area contributed by atoms with Crippen LogP contribution in [0.5, 0.6) is 5.88 Å². The van der Waals surface area contributed by atoms with Crippen LogP contribution in [0, 0.1) is 6.92 Å². The summed E-state index contributed by atoms with van der Waals surface area (Å²) in [5.41, 5.74) is 0. The molecule has 1 aliphatic heterocycles. The van der Waals surface area contributed by atoms with Gasteiger partial charge in [0.1, 0.15) is 11.6 Å². The third kappa shape index (κ3) is 4.78. The summed E-state index contributed by atoms with van der Waals surface area (Å²) in [4.78, 5) is 10.8. The largest absolute Gasteiger partial charge is 0.475 e. The number of nitrogens with zero attached hydrogens (tertiary/aromatic N) is 4. The molecule has 0 bridgehead atoms. The quantitative estimate of drug-likeness (QED) is 0.778. The van der Waals surface area contributed by atoms with Crippen LogP contribution in [-0.2, 0) is 10.0 Å². The SMILES string of the molecule is CCCS(=O)(=O)N1CCN(c2cc(OC(C)C)nc(C)n2)CC1. The van der Waals surface area contributed by atoms with Gasteiger partial charge in [0.2, 0.25) is 15.9 Å². The Morgan fingerprint density at radius 2 is 1.87 bits per heavy atom. The molecule has 0 radical (unpaired) electrons. The van der Waals surface area contributed by atoms with Crippen molar-refractivity contribution in [3.05, 3.63) is 11.9 Å². The summed E-state index contributed by atoms with van der Waals surface area (Å²) in [5, 5.41) is 0. The second-order valence-electron chi connectivity index (χ2n) is 5.98. The minimum Gasteiger partial charge on any atom is -0.475 e. The predicted molar refractivity (Wildman–Crippen MR) is 90.4 cm³/mol. The second kappa shape index (κ2) is 7.44. The first-order valence-electron chi connectivity index (χ1n) is 8.07. The third-order valence-corrected chi connectivity index (χ3v) is 5.65. The lowest BCUT2D eigenvalue weighted by Gasteiger charge is -2.34. The van der Waals surface area contributed by atoms with Gasteiger partial charge in [0.15, 0.2) is 0 Å². The van der Waals surface area contributed by atoms with Crippen molar-refractivity contribution in [1.82, 2.24) is 14.3 Å². The zero-order valence-electron chi connectivity index (χ0n) is 14.3. The maximum absolute atomic E-state index is 12.1. The molecule has 1 aliphatic rings. The Labute approximate surface area is 138 Å². The van der Waals surface area contributed by atoms with Crippen LogP contribution in [0.1, 0.15) is 33.0 Å². The molecular weight excluding hydrogens is 316 g/mol. The maximum Gasteiger partial charge on any atom is 0.218 e. The van der Waals surface area contributed by atoms with E-state index in [0.29, 0.717) is 44.3 Å². The number of ether oxygens (including phenoxy) is 1. The molecule has 1 aromatic heterocycles. The topological polar surface area (TPSA) is 75.6 Å². The Balaban J connectivity index is 2.07. The molecule has 0 N–H and O–H groups in total. The van der Waals surface area contributed by atoms with E-state index in [1.54, 1.807) is 4.31 Å². The Morgan fingerprint density at radius 1 is 1.22 bits per heavy atom. The van der Waals surface area contributed by atoms with E-state index in [0.717, 1.165) is 5.82 Å². The van der Waals surface area contributed by atoms with Crippen LogP contribution < -0.4 is 9.64 Å². The predicted octanol–water partition coefficient (Wildman–Crippen LogP) is 1.43. The van der Waals surface area contributed by atoms with Crippen molar-refractivity contribution in [2.24, 2.45) is 0 Å². The summed E-state index contributed by atoms with van der Waals surface area (Å²) in [6, 6.07) is 1.82. The molecule has 0 spiro atoms. The van der Waals surface area contributed by atoms with Crippen molar-refractivity contribution in [2.75, 3.05) is 36.8 Å². The van der Waals surface area contributed by atoms with Crippen molar-refractivity contribution in [1.29, 1.82) is 0 Å². The molecule has 0 saturated carbocycles. The van der Waals surface area contributed by atoms with E-state index in [4.69, 9.17) is 4.74 Å². The summed E-state index contributed by atoms with van der Waals surface area (Å²) in [5.74, 6) is 2.22. The molecule has 0 atom stereocenters. The summed E-state index contributed by atoms with van der Waals surface area (Å²) in [7, 11) is -3.12. The van der Waals surface area contributed by atoms with Crippen molar-refractivity contribution >= 4 is 15.8 Å². The van der Waals surface area contributed by atoms with E-state index in [9.17, 15) is 8.42 Å². The van der Waals surface area contributed by atoms with Crippen LogP contribution in [0.25, 0.3) is 0 Å². The smallest absolute Gasteiger partial charge is 0.218 e. The third-order valence-electron chi connectivity index (χ3n) is 3.58. The van der Waals surface area contributed by atoms with E-state index >= 15 is 0 Å². The maximum atomic E-state index is 12.1. The first-order chi connectivity index (χ1) is 10.8. The van der Waals surface area contributed by atoms with E-state index in [1.807, 2.05) is 33.8 Å². The van der Waals surface area contributed by atoms with Gasteiger partial charge in [-0.05, 0) is 27.2 Å². The first-order valence-corrected chi connectivity index (χ1v) is 9.68. The van der Waals surface area contributed by atoms with Gasteiger partial charge in [-0.1, -0.05) is 6.92 Å². The van der Waals surface area contributed by atoms with Crippen LogP contribution in [0.15, 0.2) is 6.07 Å². The van der Waals surface area contributed by atoms with Gasteiger partial charge in [0.25, 0.3) is 0 Å². The van der Waals surface area contributed by atoms with Crippen LogP contribution >= 0.6 is 0 Å². The molecule has 7 nitrogen and oxygen atoms in total. The number of hydrogen-bond donors (Lipinski definition) is 0. The summed E-state index contributed by atoms with van der Waals surface area (Å²) < 4.78 is 31.5. The lowest BCUT2D eigenvalue weighted by molar-refractivity contribution is 0.231. The van der Waals surface area contributed by atoms with Gasteiger partial charge in [0, 0.05) is 32.2 Å². The number of aromatic nitrogens is 2. The summed E-state index contributed by atoms with van der Waals surface area (Å²) in [6.07, 6.45) is 0.692. The first kappa shape index (κ1) is 17.9. The van der Waals surface area contributed by atoms with E-state index < -0.39 is 10.0 Å². The minimum absolute atomic E-state index is 0.0492. The van der Waals surface area contributed by atoms with Gasteiger partial charge in [0.05, 0.1) is 11.9 Å². The zero-order chi connectivity index (χ0) is 17.0. The molecule has 2 heterocycles. The lowest BCUT2D eigenvalue weighted by Crippen LogP contribution is -2.49. The zero-order valence-corrected chi connectivity index (χ0v) is 15.1. The molecule has 23 heavy (non-hydrogen) atoms. The van der Waals surface area contributed by atoms with Gasteiger partial charge in [-0.25, -0.2) is 13.4 Å². The highest BCUT2D eigenvalue weighted by molar-refractivity contribution is 7.89. The average Bonchev–Trinajstić information content (AvgIpc) is 2.46. The van der Waals surface area contributed by atoms with Crippen molar-refractivity contribution < 1.29 is 13.2 Å². The van der Waals surface area contributed by atoms with Crippen LogP contribution in [0.3, 0.4) is 0 Å². The van der Waals surface area contributed by atoms with E-state index in [-0.39, 0.29) is 11.9 Å². The second-order valence-corrected chi connectivity index (χ2v) is 8.07. The summed E-state index contributed by atoms with van der Waals surface area (Å²) in [6.45, 7) is 9.86. The lowest BCUT2D eigenvalue weighted by atomic mass is 10.3. The Kier molecular flexibility index (Phi) is 5.80. The molecule has 1 aromatic rings. The highest BCUT2D eigenvalue weighted by atomic mass is 32.2. The van der Waals surface area contributed by atoms with Crippen molar-refractivity contribution in [2.45, 2.75) is 40.2 Å². The molecular formula is C15H26N4O3S. The number of sulfonamides is 1. The normalized spacial score (nSPS) is 16.8. The molecule has 0 aromatic carbocycles. The van der Waals surface area contributed by atoms with Gasteiger partial charge in [-0.2, -0.15) is 9.29 Å². The number of hydrogen-bond acceptors (Lipinski definition) is 6. The van der Waals surface area contributed by atoms with Gasteiger partial charge in [-0.3, -0.25) is 0 Å². The number of piperazine rings is 1. The fourth-order valence-electron chi connectivity index (χ4n) is 2.57. The Bertz CT molecular complexity index is 626. The molecule has 0 unspecified atom stereocenters. The van der Waals surface area contributed by atoms with Crippen LogP contribution in [-0.4, -0.2) is 60.7 Å². The summed E-state index contributed by atoms with van der Waals surface area (Å²) >= 11 is 0.